The molecule has 4 aliphatic heterocycles. The molecule has 0 amide bonds. The number of hydrogen-bond acceptors (Lipinski definition) is 13. The summed E-state index contributed by atoms with van der Waals surface area (Å²) in [7, 11) is 8.25. The molecule has 0 fully saturated rings. The Morgan fingerprint density at radius 3 is 0.949 bits per heavy atom. The maximum atomic E-state index is 12.7. The normalized spacial score (nSPS) is 13.7. The van der Waals surface area contributed by atoms with Gasteiger partial charge in [0.25, 0.3) is 0 Å². The summed E-state index contributed by atoms with van der Waals surface area (Å²) < 4.78 is 76.1. The van der Waals surface area contributed by atoms with Crippen molar-refractivity contribution in [2.24, 2.45) is 0 Å². The Hall–Kier alpha value is -10.8. The number of alkyl halides is 6. The van der Waals surface area contributed by atoms with Gasteiger partial charge in [0.15, 0.2) is 0 Å². The first-order valence-corrected chi connectivity index (χ1v) is 39.1. The fourth-order valence-electron chi connectivity index (χ4n) is 15.5. The van der Waals surface area contributed by atoms with Crippen LogP contribution in [0, 0.1) is 38.8 Å². The van der Waals surface area contributed by atoms with Crippen molar-refractivity contribution in [3.8, 4) is 22.3 Å². The van der Waals surface area contributed by atoms with E-state index in [-0.39, 0.29) is 63.9 Å². The first-order chi connectivity index (χ1) is 55.4. The van der Waals surface area contributed by atoms with E-state index in [1.165, 1.54) is 66.4 Å². The van der Waals surface area contributed by atoms with Crippen molar-refractivity contribution < 1.29 is 68.5 Å². The molecule has 11 heterocycles. The van der Waals surface area contributed by atoms with Crippen LogP contribution in [0.1, 0.15) is 163 Å². The van der Waals surface area contributed by atoms with Gasteiger partial charge < -0.3 is 49.2 Å². The van der Waals surface area contributed by atoms with E-state index in [1.54, 1.807) is 12.4 Å². The van der Waals surface area contributed by atoms with Crippen LogP contribution in [0.4, 0.5) is 95.1 Å². The third-order valence-corrected chi connectivity index (χ3v) is 21.6. The molecule has 7 aromatic heterocycles. The predicted molar refractivity (Wildman–Crippen MR) is 460 cm³/mol. The average molecular weight is 1950 g/mol. The number of para-hydroxylation sites is 1. The molecular formula is C95H91F6N15Pt2. The van der Waals surface area contributed by atoms with Crippen LogP contribution >= 0.6 is 0 Å². The number of benzene rings is 7. The third-order valence-electron chi connectivity index (χ3n) is 21.6. The molecule has 0 aliphatic carbocycles. The Kier molecular flexibility index (Phi) is 24.7. The van der Waals surface area contributed by atoms with Crippen LogP contribution in [0.5, 0.6) is 0 Å². The zero-order chi connectivity index (χ0) is 82.1. The number of pyridine rings is 5. The van der Waals surface area contributed by atoms with E-state index in [0.29, 0.717) is 35.5 Å². The van der Waals surface area contributed by atoms with E-state index in [0.717, 1.165) is 116 Å². The zero-order valence-electron chi connectivity index (χ0n) is 68.4. The summed E-state index contributed by atoms with van der Waals surface area (Å²) >= 11 is 0. The second-order valence-corrected chi connectivity index (χ2v) is 31.7. The molecule has 0 unspecified atom stereocenters. The fraction of sp³-hybridized carbons (Fsp3) is 0.253. The molecule has 14 aromatic rings. The van der Waals surface area contributed by atoms with Crippen LogP contribution in [-0.2, 0) is 54.5 Å². The van der Waals surface area contributed by atoms with Crippen molar-refractivity contribution in [3.05, 3.63) is 284 Å². The van der Waals surface area contributed by atoms with Crippen LogP contribution in [-0.4, -0.2) is 53.1 Å². The molecule has 0 radical (unpaired) electrons. The van der Waals surface area contributed by atoms with Crippen LogP contribution in [0.25, 0.3) is 65.9 Å². The van der Waals surface area contributed by atoms with Gasteiger partial charge in [0.2, 0.25) is 0 Å². The first-order valence-electron chi connectivity index (χ1n) is 39.1. The molecule has 0 saturated carbocycles. The van der Waals surface area contributed by atoms with Gasteiger partial charge in [-0.05, 0) is 196 Å². The molecule has 7 aromatic carbocycles. The Bertz CT molecular complexity index is 5420. The van der Waals surface area contributed by atoms with Gasteiger partial charge in [-0.2, -0.15) is 53.0 Å². The van der Waals surface area contributed by atoms with Gasteiger partial charge in [0, 0.05) is 59.9 Å². The number of fused-ring (bicyclic) bond motifs is 10. The molecule has 0 N–H and O–H groups in total. The van der Waals surface area contributed by atoms with Crippen LogP contribution in [0.15, 0.2) is 201 Å². The summed E-state index contributed by atoms with van der Waals surface area (Å²) in [5.41, 5.74) is 22.0. The molecule has 18 rings (SSSR count). The topological polar surface area (TPSA) is 119 Å². The Balaban J connectivity index is 0.000000146. The molecule has 118 heavy (non-hydrogen) atoms. The summed E-state index contributed by atoms with van der Waals surface area (Å²) in [6.45, 7) is 35.9. The molecule has 0 atom stereocenters. The standard InChI is InChI=1S/2C35H39N6.C14H6F6N.C11H7N2.2Pt/c2*1-22(2)25-17-29(23(3)4)33(30(18-25)24(5)6)26-15-27(40-20-38(7)31-11-9-13-36-34(31)40)19-28(16-26)41-21-39(8)32-12-10-14-37-35(32)41;15-13(16,17)7-1-3-11-9(5-7)10-6-8(14(18,19)20)2-4-12(10)21-11;1-2-4-10-8(3-1)9-5-6-12-7-11(9)13-10;;/h2*9-18,20-24H,1-8H3;1-6H;1-7H;;/q2*-3;2*-1;2*+4. The smallest absolute Gasteiger partial charge is 0.657 e. The average Bonchev–Trinajstić information content (AvgIpc) is 1.11. The van der Waals surface area contributed by atoms with Gasteiger partial charge >= 0.3 is 54.5 Å². The Labute approximate surface area is 715 Å². The number of rotatable bonds is 12. The maximum absolute atomic E-state index is 12.7. The molecule has 0 bridgehead atoms. The summed E-state index contributed by atoms with van der Waals surface area (Å²) in [6, 6.07) is 58.5. The number of halogens is 6. The van der Waals surface area contributed by atoms with Gasteiger partial charge in [-0.25, -0.2) is 19.9 Å². The predicted octanol–water partition coefficient (Wildman–Crippen LogP) is 24.8. The molecule has 608 valence electrons. The van der Waals surface area contributed by atoms with E-state index < -0.39 is 23.5 Å². The van der Waals surface area contributed by atoms with E-state index in [2.05, 4.69) is 283 Å². The van der Waals surface area contributed by atoms with Crippen molar-refractivity contribution in [3.63, 3.8) is 0 Å². The van der Waals surface area contributed by atoms with Gasteiger partial charge in [0.1, 0.15) is 23.3 Å². The van der Waals surface area contributed by atoms with E-state index in [1.807, 2.05) is 73.3 Å². The summed E-state index contributed by atoms with van der Waals surface area (Å²) in [5.74, 6) is 6.02. The maximum Gasteiger partial charge on any atom is 4.00 e. The van der Waals surface area contributed by atoms with Crippen LogP contribution in [0.2, 0.25) is 0 Å². The van der Waals surface area contributed by atoms with Crippen molar-refractivity contribution in [1.29, 1.82) is 0 Å². The number of hydrogen-bond donors (Lipinski definition) is 0. The minimum atomic E-state index is -4.56. The monoisotopic (exact) mass is 1950 g/mol. The Morgan fingerprint density at radius 1 is 0.331 bits per heavy atom. The Morgan fingerprint density at radius 2 is 0.636 bits per heavy atom. The second-order valence-electron chi connectivity index (χ2n) is 31.7. The minimum absolute atomic E-state index is 0. The second kappa shape index (κ2) is 34.3. The van der Waals surface area contributed by atoms with E-state index in [9.17, 15) is 26.3 Å². The van der Waals surface area contributed by atoms with Crippen molar-refractivity contribution in [1.82, 2.24) is 34.9 Å². The molecule has 0 saturated heterocycles. The van der Waals surface area contributed by atoms with Crippen LogP contribution in [0.3, 0.4) is 0 Å². The third kappa shape index (κ3) is 16.8. The summed E-state index contributed by atoms with van der Waals surface area (Å²) in [5, 5.41) is 2.52. The molecule has 23 heteroatoms. The summed E-state index contributed by atoms with van der Waals surface area (Å²) in [4.78, 5) is 48.6. The first kappa shape index (κ1) is 85.1. The van der Waals surface area contributed by atoms with Gasteiger partial charge in [-0.1, -0.05) is 156 Å². The van der Waals surface area contributed by atoms with Crippen molar-refractivity contribution in [2.75, 3.05) is 67.4 Å². The number of aromatic nitrogens is 7. The minimum Gasteiger partial charge on any atom is -0.657 e. The molecular weight excluding hydrogens is 1860 g/mol. The van der Waals surface area contributed by atoms with Gasteiger partial charge in [0.05, 0.1) is 11.1 Å². The van der Waals surface area contributed by atoms with Crippen LogP contribution < -0.4 is 49.2 Å². The van der Waals surface area contributed by atoms with Crippen molar-refractivity contribution in [2.45, 2.75) is 131 Å². The molecule has 0 spiro atoms. The number of nitrogens with zero attached hydrogens (tertiary/aromatic N) is 15. The largest absolute Gasteiger partial charge is 4.00 e. The van der Waals surface area contributed by atoms with E-state index in [4.69, 9.17) is 19.9 Å². The van der Waals surface area contributed by atoms with Crippen molar-refractivity contribution >= 4 is 112 Å². The van der Waals surface area contributed by atoms with Gasteiger partial charge in [-0.3, -0.25) is 4.98 Å². The molecule has 15 nitrogen and oxygen atoms in total. The summed E-state index contributed by atoms with van der Waals surface area (Å²) in [6.07, 6.45) is 1.90. The van der Waals surface area contributed by atoms with Gasteiger partial charge in [-0.15, -0.1) is 92.3 Å². The van der Waals surface area contributed by atoms with E-state index >= 15 is 0 Å². The zero-order valence-corrected chi connectivity index (χ0v) is 73.0. The SMILES string of the molecule is CC(C)c1cc(C(C)C)c(-c2cc(N3[CH-]N(C)c4cccnc43)[c-]c(N3[CH-]N(C)c4cccnc43)c2)c(C(C)C)c1.CC(C)c1cc(C(C)C)c(-c2cc(N3[CH-]N(C)c4cccnc43)[c-]c(N3[CH-]N(C)c4cccnc43)c2)c(C(C)C)c1.FC(F)(F)c1ccc2[n-]c3ccc(C(F)(F)F)cc3c2c1.[Pt+4].[Pt+4].c1ccc2c(c1)[n-]c1cnccc12. The fourth-order valence-corrected chi connectivity index (χ4v) is 15.5. The molecule has 4 aliphatic rings. The quantitative estimate of drug-likeness (QED) is 0.0852. The number of anilines is 12.